The van der Waals surface area contributed by atoms with Crippen molar-refractivity contribution in [2.45, 2.75) is 12.3 Å². The number of nitrogens with one attached hydrogen (secondary N) is 1. The zero-order valence-electron chi connectivity index (χ0n) is 10.8. The lowest BCUT2D eigenvalue weighted by molar-refractivity contribution is -0.115. The van der Waals surface area contributed by atoms with Crippen LogP contribution in [0.3, 0.4) is 0 Å². The molecule has 0 aliphatic carbocycles. The van der Waals surface area contributed by atoms with Crippen LogP contribution >= 0.6 is 39.1 Å². The topological polar surface area (TPSA) is 29.1 Å². The number of alkyl halides is 1. The summed E-state index contributed by atoms with van der Waals surface area (Å²) in [6, 6.07) is 9.75. The highest BCUT2D eigenvalue weighted by atomic mass is 79.9. The fraction of sp³-hybridized carbons (Fsp3) is 0.133. The van der Waals surface area contributed by atoms with Gasteiger partial charge in [-0.25, -0.2) is 4.39 Å². The van der Waals surface area contributed by atoms with Gasteiger partial charge in [0, 0.05) is 16.0 Å². The van der Waals surface area contributed by atoms with Crippen LogP contribution in [-0.4, -0.2) is 5.91 Å². The summed E-state index contributed by atoms with van der Waals surface area (Å²) in [7, 11) is 0. The Labute approximate surface area is 140 Å². The molecule has 0 unspecified atom stereocenters. The highest BCUT2D eigenvalue weighted by Gasteiger charge is 2.11. The maximum Gasteiger partial charge on any atom is 0.228 e. The molecule has 21 heavy (non-hydrogen) atoms. The summed E-state index contributed by atoms with van der Waals surface area (Å²) >= 11 is 15.0. The second-order valence-corrected chi connectivity index (χ2v) is 5.88. The molecule has 0 fully saturated rings. The van der Waals surface area contributed by atoms with Crippen molar-refractivity contribution in [3.63, 3.8) is 0 Å². The van der Waals surface area contributed by atoms with Crippen molar-refractivity contribution in [3.05, 3.63) is 62.8 Å². The molecule has 1 N–H and O–H groups in total. The number of rotatable bonds is 4. The van der Waals surface area contributed by atoms with Gasteiger partial charge in [0.05, 0.1) is 11.4 Å². The third kappa shape index (κ3) is 4.19. The second kappa shape index (κ2) is 7.25. The number of benzene rings is 2. The Balaban J connectivity index is 2.08. The Bertz CT molecular complexity index is 679. The van der Waals surface area contributed by atoms with E-state index in [-0.39, 0.29) is 17.4 Å². The van der Waals surface area contributed by atoms with Crippen molar-refractivity contribution >= 4 is 50.7 Å². The monoisotopic (exact) mass is 389 g/mol. The standard InChI is InChI=1S/C15H11BrCl2FNO/c16-12-7-11(5-4-10(12)8-17)20-14(21)6-9-2-1-3-13(19)15(9)18/h1-5,7H,6,8H2,(H,20,21). The maximum atomic E-state index is 13.3. The quantitative estimate of drug-likeness (QED) is 0.717. The first-order chi connectivity index (χ1) is 10.0. The van der Waals surface area contributed by atoms with Gasteiger partial charge in [0.15, 0.2) is 0 Å². The van der Waals surface area contributed by atoms with Gasteiger partial charge in [-0.2, -0.15) is 0 Å². The lowest BCUT2D eigenvalue weighted by Crippen LogP contribution is -2.15. The molecular formula is C15H11BrCl2FNO. The number of hydrogen-bond donors (Lipinski definition) is 1. The summed E-state index contributed by atoms with van der Waals surface area (Å²) in [4.78, 5) is 12.0. The van der Waals surface area contributed by atoms with Crippen LogP contribution in [0.15, 0.2) is 40.9 Å². The fourth-order valence-corrected chi connectivity index (χ4v) is 2.90. The third-order valence-corrected chi connectivity index (χ3v) is 4.31. The summed E-state index contributed by atoms with van der Waals surface area (Å²) in [5.74, 6) is -0.419. The Kier molecular flexibility index (Phi) is 5.62. The van der Waals surface area contributed by atoms with E-state index in [2.05, 4.69) is 21.2 Å². The molecule has 2 rings (SSSR count). The van der Waals surface area contributed by atoms with Crippen LogP contribution in [0.2, 0.25) is 5.02 Å². The molecular weight excluding hydrogens is 380 g/mol. The SMILES string of the molecule is O=C(Cc1cccc(F)c1Cl)Nc1ccc(CCl)c(Br)c1. The van der Waals surface area contributed by atoms with Crippen LogP contribution in [0.25, 0.3) is 0 Å². The van der Waals surface area contributed by atoms with Gasteiger partial charge in [0.2, 0.25) is 5.91 Å². The molecule has 0 aromatic heterocycles. The van der Waals surface area contributed by atoms with Crippen LogP contribution in [0.1, 0.15) is 11.1 Å². The summed E-state index contributed by atoms with van der Waals surface area (Å²) in [6.45, 7) is 0. The maximum absolute atomic E-state index is 13.3. The lowest BCUT2D eigenvalue weighted by atomic mass is 10.1. The van der Waals surface area contributed by atoms with Gasteiger partial charge in [-0.1, -0.05) is 45.7 Å². The first kappa shape index (κ1) is 16.3. The van der Waals surface area contributed by atoms with Crippen molar-refractivity contribution in [2.24, 2.45) is 0 Å². The van der Waals surface area contributed by atoms with Gasteiger partial charge in [0.25, 0.3) is 0 Å². The van der Waals surface area contributed by atoms with Crippen LogP contribution in [0, 0.1) is 5.82 Å². The first-order valence-corrected chi connectivity index (χ1v) is 7.79. The average Bonchev–Trinajstić information content (AvgIpc) is 2.44. The number of halogens is 4. The summed E-state index contributed by atoms with van der Waals surface area (Å²) in [5.41, 5.74) is 2.02. The summed E-state index contributed by atoms with van der Waals surface area (Å²) in [5, 5.41) is 2.71. The molecule has 1 amide bonds. The molecule has 110 valence electrons. The number of carbonyl (C=O) groups is 1. The van der Waals surface area contributed by atoms with E-state index in [9.17, 15) is 9.18 Å². The Morgan fingerprint density at radius 3 is 2.67 bits per heavy atom. The highest BCUT2D eigenvalue weighted by molar-refractivity contribution is 9.10. The van der Waals surface area contributed by atoms with Crippen molar-refractivity contribution in [1.29, 1.82) is 0 Å². The van der Waals surface area contributed by atoms with Crippen molar-refractivity contribution in [3.8, 4) is 0 Å². The molecule has 0 aliphatic rings. The van der Waals surface area contributed by atoms with E-state index in [1.807, 2.05) is 6.07 Å². The Morgan fingerprint density at radius 2 is 2.00 bits per heavy atom. The van der Waals surface area contributed by atoms with E-state index < -0.39 is 5.82 Å². The summed E-state index contributed by atoms with van der Waals surface area (Å²) < 4.78 is 14.1. The van der Waals surface area contributed by atoms with Gasteiger partial charge in [-0.05, 0) is 29.3 Å². The first-order valence-electron chi connectivity index (χ1n) is 6.08. The van der Waals surface area contributed by atoms with Crippen molar-refractivity contribution in [2.75, 3.05) is 5.32 Å². The van der Waals surface area contributed by atoms with Gasteiger partial charge in [0.1, 0.15) is 5.82 Å². The minimum Gasteiger partial charge on any atom is -0.326 e. The fourth-order valence-electron chi connectivity index (χ4n) is 1.80. The number of anilines is 1. The van der Waals surface area contributed by atoms with Crippen molar-refractivity contribution in [1.82, 2.24) is 0 Å². The van der Waals surface area contributed by atoms with Gasteiger partial charge >= 0.3 is 0 Å². The Morgan fingerprint density at radius 1 is 1.24 bits per heavy atom. The van der Waals surface area contributed by atoms with Gasteiger partial charge < -0.3 is 5.32 Å². The van der Waals surface area contributed by atoms with E-state index in [0.29, 0.717) is 17.1 Å². The van der Waals surface area contributed by atoms with E-state index >= 15 is 0 Å². The molecule has 0 spiro atoms. The van der Waals surface area contributed by atoms with Crippen LogP contribution < -0.4 is 5.32 Å². The highest BCUT2D eigenvalue weighted by Crippen LogP contribution is 2.24. The molecule has 2 aromatic carbocycles. The zero-order chi connectivity index (χ0) is 15.4. The van der Waals surface area contributed by atoms with Crippen molar-refractivity contribution < 1.29 is 9.18 Å². The molecule has 0 bridgehead atoms. The normalized spacial score (nSPS) is 10.5. The van der Waals surface area contributed by atoms with E-state index in [1.165, 1.54) is 12.1 Å². The molecule has 0 aliphatic heterocycles. The molecule has 2 nitrogen and oxygen atoms in total. The van der Waals surface area contributed by atoms with Crippen LogP contribution in [-0.2, 0) is 17.1 Å². The van der Waals surface area contributed by atoms with E-state index in [4.69, 9.17) is 23.2 Å². The molecule has 0 heterocycles. The molecule has 0 radical (unpaired) electrons. The minimum absolute atomic E-state index is 0.00543. The number of hydrogen-bond acceptors (Lipinski definition) is 1. The molecule has 2 aromatic rings. The second-order valence-electron chi connectivity index (χ2n) is 4.38. The van der Waals surface area contributed by atoms with Crippen LogP contribution in [0.4, 0.5) is 10.1 Å². The number of carbonyl (C=O) groups excluding carboxylic acids is 1. The van der Waals surface area contributed by atoms with E-state index in [0.717, 1.165) is 10.0 Å². The molecule has 6 heteroatoms. The zero-order valence-corrected chi connectivity index (χ0v) is 13.9. The largest absolute Gasteiger partial charge is 0.326 e. The van der Waals surface area contributed by atoms with E-state index in [1.54, 1.807) is 18.2 Å². The summed E-state index contributed by atoms with van der Waals surface area (Å²) in [6.07, 6.45) is 0.00543. The van der Waals surface area contributed by atoms with Gasteiger partial charge in [-0.3, -0.25) is 4.79 Å². The van der Waals surface area contributed by atoms with Crippen LogP contribution in [0.5, 0.6) is 0 Å². The predicted octanol–water partition coefficient (Wildman–Crippen LogP) is 5.16. The lowest BCUT2D eigenvalue weighted by Gasteiger charge is -2.09. The Hall–Kier alpha value is -1.10. The average molecular weight is 391 g/mol. The van der Waals surface area contributed by atoms with Gasteiger partial charge in [-0.15, -0.1) is 11.6 Å². The molecule has 0 saturated carbocycles. The molecule has 0 saturated heterocycles. The smallest absolute Gasteiger partial charge is 0.228 e. The molecule has 0 atom stereocenters. The third-order valence-electron chi connectivity index (χ3n) is 2.86. The number of amides is 1. The predicted molar refractivity (Wildman–Crippen MR) is 87.4 cm³/mol. The minimum atomic E-state index is -0.531.